The zero-order chi connectivity index (χ0) is 16.2. The molecule has 6 heteroatoms. The monoisotopic (exact) mass is 405 g/mol. The van der Waals surface area contributed by atoms with Crippen molar-refractivity contribution >= 4 is 45.1 Å². The standard InChI is InChI=1S/C17H13BrClN3S/c1-20-17-22(21-10-12-2-8-15(19)9-3-12)16(11-23-17)13-4-6-14(18)7-5-13/h2-11H,1H3. The third-order valence-corrected chi connectivity index (χ3v) is 4.90. The zero-order valence-electron chi connectivity index (χ0n) is 12.3. The lowest BCUT2D eigenvalue weighted by Gasteiger charge is -2.03. The van der Waals surface area contributed by atoms with Crippen LogP contribution >= 0.6 is 38.9 Å². The Labute approximate surface area is 151 Å². The van der Waals surface area contributed by atoms with Gasteiger partial charge in [0.15, 0.2) is 0 Å². The fourth-order valence-corrected chi connectivity index (χ4v) is 3.25. The van der Waals surface area contributed by atoms with E-state index in [2.05, 4.69) is 43.5 Å². The summed E-state index contributed by atoms with van der Waals surface area (Å²) >= 11 is 10.9. The van der Waals surface area contributed by atoms with Gasteiger partial charge in [-0.1, -0.05) is 51.8 Å². The van der Waals surface area contributed by atoms with E-state index < -0.39 is 0 Å². The fraction of sp³-hybridized carbons (Fsp3) is 0.0588. The molecule has 0 aliphatic rings. The van der Waals surface area contributed by atoms with Gasteiger partial charge in [-0.3, -0.25) is 4.99 Å². The number of halogens is 2. The van der Waals surface area contributed by atoms with Crippen LogP contribution in [-0.4, -0.2) is 17.9 Å². The number of rotatable bonds is 3. The van der Waals surface area contributed by atoms with E-state index in [0.717, 1.165) is 26.1 Å². The van der Waals surface area contributed by atoms with Gasteiger partial charge >= 0.3 is 0 Å². The molecule has 0 aliphatic heterocycles. The van der Waals surface area contributed by atoms with E-state index in [-0.39, 0.29) is 0 Å². The van der Waals surface area contributed by atoms with Crippen LogP contribution in [0, 0.1) is 0 Å². The van der Waals surface area contributed by atoms with Gasteiger partial charge in [0.1, 0.15) is 0 Å². The van der Waals surface area contributed by atoms with Gasteiger partial charge in [0, 0.05) is 27.5 Å². The first-order valence-electron chi connectivity index (χ1n) is 6.86. The molecule has 1 heterocycles. The van der Waals surface area contributed by atoms with Crippen LogP contribution < -0.4 is 4.80 Å². The van der Waals surface area contributed by atoms with Gasteiger partial charge in [0.2, 0.25) is 4.80 Å². The maximum absolute atomic E-state index is 5.91. The number of aromatic nitrogens is 1. The highest BCUT2D eigenvalue weighted by atomic mass is 79.9. The fourth-order valence-electron chi connectivity index (χ4n) is 2.05. The molecule has 2 aromatic carbocycles. The van der Waals surface area contributed by atoms with E-state index in [4.69, 9.17) is 11.6 Å². The lowest BCUT2D eigenvalue weighted by molar-refractivity contribution is 0.848. The molecule has 0 atom stereocenters. The lowest BCUT2D eigenvalue weighted by atomic mass is 10.2. The Morgan fingerprint density at radius 2 is 1.78 bits per heavy atom. The molecule has 0 saturated heterocycles. The topological polar surface area (TPSA) is 29.6 Å². The molecule has 23 heavy (non-hydrogen) atoms. The van der Waals surface area contributed by atoms with Gasteiger partial charge in [0.05, 0.1) is 11.9 Å². The number of thiazole rings is 1. The molecule has 0 bridgehead atoms. The predicted octanol–water partition coefficient (Wildman–Crippen LogP) is 5.05. The first-order valence-corrected chi connectivity index (χ1v) is 8.91. The Kier molecular flexibility index (Phi) is 5.10. The predicted molar refractivity (Wildman–Crippen MR) is 101 cm³/mol. The highest BCUT2D eigenvalue weighted by molar-refractivity contribution is 9.10. The normalized spacial score (nSPS) is 12.2. The Balaban J connectivity index is 2.02. The van der Waals surface area contributed by atoms with Crippen molar-refractivity contribution in [2.24, 2.45) is 10.1 Å². The van der Waals surface area contributed by atoms with Crippen LogP contribution in [-0.2, 0) is 0 Å². The van der Waals surface area contributed by atoms with E-state index in [0.29, 0.717) is 5.02 Å². The average Bonchev–Trinajstić information content (AvgIpc) is 2.98. The molecular weight excluding hydrogens is 394 g/mol. The second-order valence-electron chi connectivity index (χ2n) is 4.74. The number of nitrogens with zero attached hydrogens (tertiary/aromatic N) is 3. The molecular formula is C17H13BrClN3S. The Bertz CT molecular complexity index is 893. The van der Waals surface area contributed by atoms with Gasteiger partial charge in [0.25, 0.3) is 0 Å². The van der Waals surface area contributed by atoms with Gasteiger partial charge in [-0.05, 0) is 29.8 Å². The van der Waals surface area contributed by atoms with Gasteiger partial charge in [-0.2, -0.15) is 5.10 Å². The molecule has 0 saturated carbocycles. The van der Waals surface area contributed by atoms with Crippen molar-refractivity contribution in [2.45, 2.75) is 0 Å². The Morgan fingerprint density at radius 3 is 2.43 bits per heavy atom. The molecule has 0 fully saturated rings. The maximum atomic E-state index is 5.91. The summed E-state index contributed by atoms with van der Waals surface area (Å²) in [6, 6.07) is 15.7. The van der Waals surface area contributed by atoms with Crippen LogP contribution in [0.5, 0.6) is 0 Å². The van der Waals surface area contributed by atoms with E-state index in [9.17, 15) is 0 Å². The number of hydrogen-bond donors (Lipinski definition) is 0. The van der Waals surface area contributed by atoms with Crippen molar-refractivity contribution in [2.75, 3.05) is 7.05 Å². The summed E-state index contributed by atoms with van der Waals surface area (Å²) in [7, 11) is 1.77. The summed E-state index contributed by atoms with van der Waals surface area (Å²) in [5.41, 5.74) is 3.08. The summed E-state index contributed by atoms with van der Waals surface area (Å²) in [6.07, 6.45) is 1.81. The molecule has 3 rings (SSSR count). The third kappa shape index (κ3) is 3.80. The first kappa shape index (κ1) is 16.2. The first-order chi connectivity index (χ1) is 11.2. The Hall–Kier alpha value is -1.69. The van der Waals surface area contributed by atoms with Crippen LogP contribution in [0.25, 0.3) is 11.3 Å². The molecule has 0 amide bonds. The summed E-state index contributed by atoms with van der Waals surface area (Å²) in [4.78, 5) is 5.14. The van der Waals surface area contributed by atoms with Crippen molar-refractivity contribution in [3.8, 4) is 11.3 Å². The summed E-state index contributed by atoms with van der Waals surface area (Å²) in [5, 5.41) is 7.36. The summed E-state index contributed by atoms with van der Waals surface area (Å²) < 4.78 is 2.90. The molecule has 0 N–H and O–H groups in total. The van der Waals surface area contributed by atoms with Crippen molar-refractivity contribution in [1.29, 1.82) is 0 Å². The average molecular weight is 407 g/mol. The third-order valence-electron chi connectivity index (χ3n) is 3.21. The minimum Gasteiger partial charge on any atom is -0.261 e. The molecule has 3 aromatic rings. The zero-order valence-corrected chi connectivity index (χ0v) is 15.4. The molecule has 0 radical (unpaired) electrons. The van der Waals surface area contributed by atoms with Crippen LogP contribution in [0.3, 0.4) is 0 Å². The van der Waals surface area contributed by atoms with Crippen LogP contribution in [0.1, 0.15) is 5.56 Å². The smallest absolute Gasteiger partial charge is 0.205 e. The van der Waals surface area contributed by atoms with Crippen molar-refractivity contribution in [1.82, 2.24) is 4.68 Å². The van der Waals surface area contributed by atoms with Gasteiger partial charge in [-0.25, -0.2) is 4.68 Å². The second kappa shape index (κ2) is 7.25. The molecule has 0 spiro atoms. The van der Waals surface area contributed by atoms with E-state index in [1.807, 2.05) is 41.1 Å². The van der Waals surface area contributed by atoms with Crippen molar-refractivity contribution in [3.63, 3.8) is 0 Å². The second-order valence-corrected chi connectivity index (χ2v) is 6.93. The van der Waals surface area contributed by atoms with E-state index in [1.165, 1.54) is 0 Å². The van der Waals surface area contributed by atoms with Crippen LogP contribution in [0.15, 0.2) is 68.5 Å². The summed E-state index contributed by atoms with van der Waals surface area (Å²) in [5.74, 6) is 0. The highest BCUT2D eigenvalue weighted by Gasteiger charge is 2.06. The molecule has 3 nitrogen and oxygen atoms in total. The minimum absolute atomic E-state index is 0.713. The Morgan fingerprint density at radius 1 is 1.09 bits per heavy atom. The largest absolute Gasteiger partial charge is 0.261 e. The number of benzene rings is 2. The van der Waals surface area contributed by atoms with Gasteiger partial charge in [-0.15, -0.1) is 11.3 Å². The van der Waals surface area contributed by atoms with E-state index >= 15 is 0 Å². The summed E-state index contributed by atoms with van der Waals surface area (Å²) in [6.45, 7) is 0. The molecule has 0 aliphatic carbocycles. The SMILES string of the molecule is CN=c1scc(-c2ccc(Br)cc2)n1N=Cc1ccc(Cl)cc1. The van der Waals surface area contributed by atoms with Gasteiger partial charge < -0.3 is 0 Å². The van der Waals surface area contributed by atoms with Crippen molar-refractivity contribution < 1.29 is 0 Å². The molecule has 116 valence electrons. The lowest BCUT2D eigenvalue weighted by Crippen LogP contribution is -2.11. The molecule has 1 aromatic heterocycles. The van der Waals surface area contributed by atoms with Crippen LogP contribution in [0.2, 0.25) is 5.02 Å². The van der Waals surface area contributed by atoms with Crippen molar-refractivity contribution in [3.05, 3.63) is 73.8 Å². The molecule has 0 unspecified atom stereocenters. The van der Waals surface area contributed by atoms with E-state index in [1.54, 1.807) is 24.6 Å². The highest BCUT2D eigenvalue weighted by Crippen LogP contribution is 2.22. The quantitative estimate of drug-likeness (QED) is 0.545. The van der Waals surface area contributed by atoms with Crippen LogP contribution in [0.4, 0.5) is 0 Å². The maximum Gasteiger partial charge on any atom is 0.205 e. The number of hydrogen-bond acceptors (Lipinski definition) is 3. The minimum atomic E-state index is 0.713.